The molecule has 1 aliphatic rings. The number of nitrogens with zero attached hydrogens (tertiary/aromatic N) is 1. The summed E-state index contributed by atoms with van der Waals surface area (Å²) in [6.07, 6.45) is 1.35. The number of aromatic nitrogens is 1. The van der Waals surface area contributed by atoms with Gasteiger partial charge in [-0.1, -0.05) is 12.1 Å². The summed E-state index contributed by atoms with van der Waals surface area (Å²) in [6, 6.07) is 5.53. The van der Waals surface area contributed by atoms with E-state index >= 15 is 0 Å². The fraction of sp³-hybridized carbons (Fsp3) is 0.421. The van der Waals surface area contributed by atoms with E-state index in [-0.39, 0.29) is 37.5 Å². The summed E-state index contributed by atoms with van der Waals surface area (Å²) in [4.78, 5) is 28.4. The van der Waals surface area contributed by atoms with Crippen molar-refractivity contribution in [1.82, 2.24) is 15.6 Å². The number of nitrogens with one attached hydrogen (secondary N) is 3. The van der Waals surface area contributed by atoms with E-state index in [2.05, 4.69) is 20.9 Å². The average molecular weight is 422 g/mol. The lowest BCUT2D eigenvalue weighted by Gasteiger charge is -2.12. The number of ether oxygens (including phenoxy) is 1. The minimum atomic E-state index is -0.503. The van der Waals surface area contributed by atoms with Gasteiger partial charge in [0, 0.05) is 18.5 Å². The molecule has 2 heterocycles. The Kier molecular flexibility index (Phi) is 7.50. The summed E-state index contributed by atoms with van der Waals surface area (Å²) in [5.74, 6) is -0.566. The van der Waals surface area contributed by atoms with E-state index in [9.17, 15) is 14.0 Å². The topological polar surface area (TPSA) is 113 Å². The van der Waals surface area contributed by atoms with Crippen LogP contribution in [0.25, 0.3) is 0 Å². The molecule has 8 nitrogen and oxygen atoms in total. The van der Waals surface area contributed by atoms with Crippen molar-refractivity contribution in [3.8, 4) is 0 Å². The summed E-state index contributed by atoms with van der Waals surface area (Å²) in [5.41, 5.74) is 1.27. The van der Waals surface area contributed by atoms with Crippen molar-refractivity contribution in [2.45, 2.75) is 44.6 Å². The molecule has 29 heavy (non-hydrogen) atoms. The number of rotatable bonds is 8. The highest BCUT2D eigenvalue weighted by atomic mass is 32.1. The maximum atomic E-state index is 13.1. The van der Waals surface area contributed by atoms with Gasteiger partial charge in [-0.05, 0) is 37.0 Å². The van der Waals surface area contributed by atoms with Crippen molar-refractivity contribution in [3.63, 3.8) is 0 Å². The zero-order valence-electron chi connectivity index (χ0n) is 15.7. The van der Waals surface area contributed by atoms with Crippen LogP contribution in [0.1, 0.15) is 30.5 Å². The largest absolute Gasteiger partial charge is 0.396 e. The third-order valence-electron chi connectivity index (χ3n) is 4.41. The van der Waals surface area contributed by atoms with Crippen LogP contribution in [0, 0.1) is 5.82 Å². The molecule has 1 fully saturated rings. The number of halogens is 1. The summed E-state index contributed by atoms with van der Waals surface area (Å²) < 4.78 is 18.7. The Hall–Kier alpha value is -2.56. The molecular weight excluding hydrogens is 399 g/mol. The molecule has 156 valence electrons. The maximum Gasteiger partial charge on any atom is 0.321 e. The van der Waals surface area contributed by atoms with Crippen molar-refractivity contribution in [3.05, 3.63) is 46.7 Å². The number of hydrogen-bond donors (Lipinski definition) is 4. The highest BCUT2D eigenvalue weighted by Crippen LogP contribution is 2.22. The Morgan fingerprint density at radius 3 is 2.93 bits per heavy atom. The zero-order chi connectivity index (χ0) is 20.6. The number of hydrogen-bond acceptors (Lipinski definition) is 6. The van der Waals surface area contributed by atoms with Crippen LogP contribution >= 0.6 is 11.3 Å². The molecular formula is C19H23FN4O4S. The molecule has 4 N–H and O–H groups in total. The van der Waals surface area contributed by atoms with E-state index in [1.54, 1.807) is 17.5 Å². The highest BCUT2D eigenvalue weighted by Gasteiger charge is 2.30. The van der Waals surface area contributed by atoms with Gasteiger partial charge in [0.15, 0.2) is 5.13 Å². The number of urea groups is 1. The van der Waals surface area contributed by atoms with Crippen LogP contribution in [0.4, 0.5) is 14.3 Å². The Balaban J connectivity index is 1.40. The van der Waals surface area contributed by atoms with Gasteiger partial charge < -0.3 is 20.5 Å². The average Bonchev–Trinajstić information content (AvgIpc) is 3.34. The quantitative estimate of drug-likeness (QED) is 0.521. The first-order valence-electron chi connectivity index (χ1n) is 9.31. The molecule has 3 rings (SSSR count). The molecule has 1 aromatic carbocycles. The lowest BCUT2D eigenvalue weighted by Crippen LogP contribution is -2.34. The Morgan fingerprint density at radius 2 is 2.14 bits per heavy atom. The Bertz CT molecular complexity index is 847. The highest BCUT2D eigenvalue weighted by molar-refractivity contribution is 7.13. The SMILES string of the molecule is O=C(NCc1cccc(F)c1)Nc1nc(CNC(=O)C2CCC(CCO)O2)cs1. The first-order chi connectivity index (χ1) is 14.0. The van der Waals surface area contributed by atoms with Gasteiger partial charge in [-0.3, -0.25) is 10.1 Å². The number of aliphatic hydroxyl groups is 1. The Labute approximate surface area is 171 Å². The summed E-state index contributed by atoms with van der Waals surface area (Å²) in [7, 11) is 0. The minimum Gasteiger partial charge on any atom is -0.396 e. The normalized spacial score (nSPS) is 18.4. The number of aliphatic hydroxyl groups excluding tert-OH is 1. The number of carbonyl (C=O) groups is 2. The van der Waals surface area contributed by atoms with Crippen molar-refractivity contribution in [2.75, 3.05) is 11.9 Å². The summed E-state index contributed by atoms with van der Waals surface area (Å²) >= 11 is 1.24. The first-order valence-corrected chi connectivity index (χ1v) is 10.2. The van der Waals surface area contributed by atoms with Crippen molar-refractivity contribution < 1.29 is 23.8 Å². The molecule has 3 amide bonds. The van der Waals surface area contributed by atoms with Gasteiger partial charge in [0.1, 0.15) is 11.9 Å². The third kappa shape index (κ3) is 6.48. The van der Waals surface area contributed by atoms with Crippen LogP contribution in [-0.4, -0.2) is 40.8 Å². The van der Waals surface area contributed by atoms with Crippen LogP contribution in [0.2, 0.25) is 0 Å². The van der Waals surface area contributed by atoms with Gasteiger partial charge in [-0.25, -0.2) is 14.2 Å². The van der Waals surface area contributed by atoms with E-state index in [0.717, 1.165) is 6.42 Å². The third-order valence-corrected chi connectivity index (χ3v) is 5.22. The molecule has 10 heteroatoms. The fourth-order valence-electron chi connectivity index (χ4n) is 2.96. The van der Waals surface area contributed by atoms with Gasteiger partial charge in [-0.15, -0.1) is 11.3 Å². The van der Waals surface area contributed by atoms with Crippen LogP contribution in [0.5, 0.6) is 0 Å². The van der Waals surface area contributed by atoms with E-state index in [0.29, 0.717) is 29.2 Å². The van der Waals surface area contributed by atoms with Crippen molar-refractivity contribution in [2.24, 2.45) is 0 Å². The second kappa shape index (κ2) is 10.3. The summed E-state index contributed by atoms with van der Waals surface area (Å²) in [6.45, 7) is 0.465. The van der Waals surface area contributed by atoms with Crippen LogP contribution in [0.15, 0.2) is 29.6 Å². The first kappa shape index (κ1) is 21.2. The van der Waals surface area contributed by atoms with Gasteiger partial charge in [0.25, 0.3) is 0 Å². The second-order valence-corrected chi connectivity index (χ2v) is 7.49. The molecule has 0 spiro atoms. The molecule has 1 saturated heterocycles. The lowest BCUT2D eigenvalue weighted by molar-refractivity contribution is -0.132. The molecule has 0 bridgehead atoms. The predicted octanol–water partition coefficient (Wildman–Crippen LogP) is 2.15. The summed E-state index contributed by atoms with van der Waals surface area (Å²) in [5, 5.41) is 19.1. The molecule has 0 radical (unpaired) electrons. The van der Waals surface area contributed by atoms with Gasteiger partial charge in [0.05, 0.1) is 18.3 Å². The number of thiazole rings is 1. The molecule has 2 unspecified atom stereocenters. The number of amides is 3. The van der Waals surface area contributed by atoms with Gasteiger partial charge >= 0.3 is 6.03 Å². The maximum absolute atomic E-state index is 13.1. The Morgan fingerprint density at radius 1 is 1.28 bits per heavy atom. The van der Waals surface area contributed by atoms with E-state index < -0.39 is 12.1 Å². The zero-order valence-corrected chi connectivity index (χ0v) is 16.5. The molecule has 1 aliphatic heterocycles. The fourth-order valence-corrected chi connectivity index (χ4v) is 3.67. The second-order valence-electron chi connectivity index (χ2n) is 6.64. The minimum absolute atomic E-state index is 0.0451. The van der Waals surface area contributed by atoms with E-state index in [4.69, 9.17) is 9.84 Å². The molecule has 2 aromatic rings. The number of benzene rings is 1. The van der Waals surface area contributed by atoms with Crippen LogP contribution in [-0.2, 0) is 22.6 Å². The number of anilines is 1. The van der Waals surface area contributed by atoms with E-state index in [1.807, 2.05) is 0 Å². The van der Waals surface area contributed by atoms with Crippen LogP contribution < -0.4 is 16.0 Å². The molecule has 0 aliphatic carbocycles. The van der Waals surface area contributed by atoms with Crippen molar-refractivity contribution >= 4 is 28.4 Å². The molecule has 1 aromatic heterocycles. The molecule has 2 atom stereocenters. The molecule has 0 saturated carbocycles. The lowest BCUT2D eigenvalue weighted by atomic mass is 10.1. The van der Waals surface area contributed by atoms with Gasteiger partial charge in [-0.2, -0.15) is 0 Å². The predicted molar refractivity (Wildman–Crippen MR) is 106 cm³/mol. The van der Waals surface area contributed by atoms with Crippen LogP contribution in [0.3, 0.4) is 0 Å². The smallest absolute Gasteiger partial charge is 0.321 e. The van der Waals surface area contributed by atoms with E-state index in [1.165, 1.54) is 23.5 Å². The number of carbonyl (C=O) groups excluding carboxylic acids is 2. The monoisotopic (exact) mass is 422 g/mol. The van der Waals surface area contributed by atoms with Gasteiger partial charge in [0.2, 0.25) is 5.91 Å². The van der Waals surface area contributed by atoms with Crippen molar-refractivity contribution in [1.29, 1.82) is 0 Å². The standard InChI is InChI=1S/C19H23FN4O4S/c20-13-3-1-2-12(8-13)9-22-18(27)24-19-23-14(11-29-19)10-21-17(26)16-5-4-15(28-16)6-7-25/h1-3,8,11,15-16,25H,4-7,9-10H2,(H,21,26)(H2,22,23,24,27).